The first-order valence-corrected chi connectivity index (χ1v) is 5.89. The van der Waals surface area contributed by atoms with E-state index in [0.29, 0.717) is 0 Å². The fourth-order valence-corrected chi connectivity index (χ4v) is 1.72. The van der Waals surface area contributed by atoms with Gasteiger partial charge in [-0.15, -0.1) is 0 Å². The minimum absolute atomic E-state index is 0.761. The molecule has 2 rings (SSSR count). The first kappa shape index (κ1) is 11.9. The molecule has 1 heterocycles. The maximum Gasteiger partial charge on any atom is 0.0690 e. The predicted molar refractivity (Wildman–Crippen MR) is 70.3 cm³/mol. The summed E-state index contributed by atoms with van der Waals surface area (Å²) in [7, 11) is 0. The van der Waals surface area contributed by atoms with E-state index in [4.69, 9.17) is 11.6 Å². The Bertz CT molecular complexity index is 477. The van der Waals surface area contributed by atoms with Crippen LogP contribution >= 0.6 is 11.6 Å². The van der Waals surface area contributed by atoms with Crippen LogP contribution in [0.15, 0.2) is 54.3 Å². The normalized spacial score (nSPS) is 11.1. The number of hydrogen-bond donors (Lipinski definition) is 1. The lowest BCUT2D eigenvalue weighted by Crippen LogP contribution is -2.14. The number of nitrogens with one attached hydrogen (secondary N) is 1. The van der Waals surface area contributed by atoms with Gasteiger partial charge < -0.3 is 5.32 Å². The summed E-state index contributed by atoms with van der Waals surface area (Å²) in [6, 6.07) is 10.1. The maximum atomic E-state index is 5.46. The number of benzene rings is 1. The Balaban J connectivity index is 2.11. The highest BCUT2D eigenvalue weighted by atomic mass is 35.5. The summed E-state index contributed by atoms with van der Waals surface area (Å²) in [5, 5.41) is 7.54. The molecule has 4 heteroatoms. The highest BCUT2D eigenvalue weighted by Crippen LogP contribution is 2.12. The van der Waals surface area contributed by atoms with Crippen molar-refractivity contribution in [3.63, 3.8) is 0 Å². The number of rotatable bonds is 5. The van der Waals surface area contributed by atoms with E-state index in [9.17, 15) is 0 Å². The fourth-order valence-electron chi connectivity index (χ4n) is 1.63. The van der Waals surface area contributed by atoms with Gasteiger partial charge in [0.05, 0.1) is 5.69 Å². The van der Waals surface area contributed by atoms with Gasteiger partial charge in [0, 0.05) is 31.0 Å². The van der Waals surface area contributed by atoms with Crippen molar-refractivity contribution in [2.45, 2.75) is 6.54 Å². The van der Waals surface area contributed by atoms with E-state index in [1.54, 1.807) is 6.20 Å². The average Bonchev–Trinajstić information content (AvgIpc) is 2.89. The third kappa shape index (κ3) is 3.19. The van der Waals surface area contributed by atoms with E-state index in [1.807, 2.05) is 35.2 Å². The Morgan fingerprint density at radius 3 is 2.94 bits per heavy atom. The van der Waals surface area contributed by atoms with E-state index in [0.717, 1.165) is 18.8 Å². The van der Waals surface area contributed by atoms with Crippen molar-refractivity contribution in [1.29, 1.82) is 0 Å². The van der Waals surface area contributed by atoms with Crippen LogP contribution in [0.3, 0.4) is 0 Å². The van der Waals surface area contributed by atoms with Crippen molar-refractivity contribution in [1.82, 2.24) is 15.1 Å². The van der Waals surface area contributed by atoms with Gasteiger partial charge in [-0.1, -0.05) is 35.9 Å². The molecule has 0 unspecified atom stereocenters. The average molecular weight is 248 g/mol. The van der Waals surface area contributed by atoms with Gasteiger partial charge in [0.2, 0.25) is 0 Å². The lowest BCUT2D eigenvalue weighted by atomic mass is 10.2. The molecule has 2 aromatic rings. The molecule has 0 fully saturated rings. The molecule has 1 aromatic heterocycles. The Hall–Kier alpha value is -1.58. The van der Waals surface area contributed by atoms with Gasteiger partial charge in [-0.3, -0.25) is 0 Å². The van der Waals surface area contributed by atoms with Crippen molar-refractivity contribution in [3.05, 3.63) is 59.9 Å². The number of aromatic nitrogens is 2. The topological polar surface area (TPSA) is 29.9 Å². The largest absolute Gasteiger partial charge is 0.309 e. The van der Waals surface area contributed by atoms with Crippen LogP contribution < -0.4 is 5.32 Å². The van der Waals surface area contributed by atoms with Crippen LogP contribution in [0.2, 0.25) is 0 Å². The second kappa shape index (κ2) is 6.23. The van der Waals surface area contributed by atoms with E-state index < -0.39 is 0 Å². The standard InChI is InChI=1S/C13H14ClN3/c14-7-3-8-15-11-12-5-1-2-6-13(12)17-10-4-9-16-17/h1-7,9-10,15H,8,11H2/b7-3+. The second-order valence-corrected chi connectivity index (χ2v) is 3.82. The molecule has 0 aliphatic heterocycles. The molecule has 1 N–H and O–H groups in total. The van der Waals surface area contributed by atoms with Crippen LogP contribution in [-0.4, -0.2) is 16.3 Å². The minimum atomic E-state index is 0.761. The van der Waals surface area contributed by atoms with E-state index >= 15 is 0 Å². The molecule has 0 radical (unpaired) electrons. The third-order valence-corrected chi connectivity index (χ3v) is 2.59. The highest BCUT2D eigenvalue weighted by molar-refractivity contribution is 6.25. The monoisotopic (exact) mass is 247 g/mol. The molecule has 0 aliphatic rings. The van der Waals surface area contributed by atoms with Crippen LogP contribution in [0.25, 0.3) is 5.69 Å². The summed E-state index contributed by atoms with van der Waals surface area (Å²) >= 11 is 5.46. The fraction of sp³-hybridized carbons (Fsp3) is 0.154. The first-order chi connectivity index (χ1) is 8.42. The van der Waals surface area contributed by atoms with Crippen LogP contribution in [0.1, 0.15) is 5.56 Å². The summed E-state index contributed by atoms with van der Waals surface area (Å²) < 4.78 is 1.87. The summed E-state index contributed by atoms with van der Waals surface area (Å²) in [5.74, 6) is 0. The van der Waals surface area contributed by atoms with Gasteiger partial charge >= 0.3 is 0 Å². The van der Waals surface area contributed by atoms with Crippen molar-refractivity contribution in [3.8, 4) is 5.69 Å². The van der Waals surface area contributed by atoms with E-state index in [-0.39, 0.29) is 0 Å². The van der Waals surface area contributed by atoms with Crippen molar-refractivity contribution < 1.29 is 0 Å². The highest BCUT2D eigenvalue weighted by Gasteiger charge is 2.02. The van der Waals surface area contributed by atoms with Crippen LogP contribution in [0.5, 0.6) is 0 Å². The molecule has 1 aromatic carbocycles. The lowest BCUT2D eigenvalue weighted by Gasteiger charge is -2.09. The van der Waals surface area contributed by atoms with Crippen LogP contribution in [0, 0.1) is 0 Å². The number of para-hydroxylation sites is 1. The SMILES string of the molecule is Cl/C=C/CNCc1ccccc1-n1cccn1. The van der Waals surface area contributed by atoms with Gasteiger partial charge in [0.15, 0.2) is 0 Å². The number of hydrogen-bond acceptors (Lipinski definition) is 2. The zero-order valence-electron chi connectivity index (χ0n) is 9.38. The smallest absolute Gasteiger partial charge is 0.0690 e. The first-order valence-electron chi connectivity index (χ1n) is 5.45. The van der Waals surface area contributed by atoms with Crippen molar-refractivity contribution in [2.24, 2.45) is 0 Å². The Morgan fingerprint density at radius 2 is 2.18 bits per heavy atom. The zero-order chi connectivity index (χ0) is 11.9. The molecule has 0 aliphatic carbocycles. The van der Waals surface area contributed by atoms with Gasteiger partial charge in [-0.05, 0) is 17.7 Å². The van der Waals surface area contributed by atoms with E-state index in [1.165, 1.54) is 11.1 Å². The summed E-state index contributed by atoms with van der Waals surface area (Å²) in [6.45, 7) is 1.55. The number of halogens is 1. The molecule has 0 saturated carbocycles. The molecular weight excluding hydrogens is 234 g/mol. The molecule has 0 atom stereocenters. The Labute approximate surface area is 106 Å². The molecule has 0 bridgehead atoms. The Kier molecular flexibility index (Phi) is 4.36. The molecule has 0 saturated heterocycles. The molecule has 0 spiro atoms. The maximum absolute atomic E-state index is 5.46. The summed E-state index contributed by atoms with van der Waals surface area (Å²) in [4.78, 5) is 0. The van der Waals surface area contributed by atoms with Gasteiger partial charge in [0.1, 0.15) is 0 Å². The van der Waals surface area contributed by atoms with Crippen LogP contribution in [-0.2, 0) is 6.54 Å². The van der Waals surface area contributed by atoms with Crippen LogP contribution in [0.4, 0.5) is 0 Å². The van der Waals surface area contributed by atoms with Crippen molar-refractivity contribution in [2.75, 3.05) is 6.54 Å². The predicted octanol–water partition coefficient (Wildman–Crippen LogP) is 2.71. The van der Waals surface area contributed by atoms with Gasteiger partial charge in [-0.25, -0.2) is 4.68 Å². The van der Waals surface area contributed by atoms with Gasteiger partial charge in [0.25, 0.3) is 0 Å². The third-order valence-electron chi connectivity index (χ3n) is 2.41. The molecular formula is C13H14ClN3. The second-order valence-electron chi connectivity index (χ2n) is 3.57. The molecule has 3 nitrogen and oxygen atoms in total. The van der Waals surface area contributed by atoms with E-state index in [2.05, 4.69) is 22.5 Å². The minimum Gasteiger partial charge on any atom is -0.309 e. The summed E-state index contributed by atoms with van der Waals surface area (Å²) in [6.07, 6.45) is 5.59. The van der Waals surface area contributed by atoms with Crippen molar-refractivity contribution >= 4 is 11.6 Å². The van der Waals surface area contributed by atoms with Gasteiger partial charge in [-0.2, -0.15) is 5.10 Å². The molecule has 17 heavy (non-hydrogen) atoms. The lowest BCUT2D eigenvalue weighted by molar-refractivity contribution is 0.745. The Morgan fingerprint density at radius 1 is 1.29 bits per heavy atom. The quantitative estimate of drug-likeness (QED) is 0.824. The molecule has 88 valence electrons. The molecule has 0 amide bonds. The zero-order valence-corrected chi connectivity index (χ0v) is 10.1. The number of nitrogens with zero attached hydrogens (tertiary/aromatic N) is 2. The summed E-state index contributed by atoms with van der Waals surface area (Å²) in [5.41, 5.74) is 3.82.